The molecule has 1 spiro atoms. The van der Waals surface area contributed by atoms with Crippen molar-refractivity contribution >= 4 is 6.09 Å². The Hall–Kier alpha value is -0.730. The Balaban J connectivity index is 2.01. The Morgan fingerprint density at radius 1 is 1.35 bits per heavy atom. The summed E-state index contributed by atoms with van der Waals surface area (Å²) in [6.45, 7) is 9.59. The van der Waals surface area contributed by atoms with Crippen LogP contribution in [0.5, 0.6) is 0 Å². The fourth-order valence-electron chi connectivity index (χ4n) is 4.95. The van der Waals surface area contributed by atoms with Gasteiger partial charge in [0.1, 0.15) is 6.61 Å². The smallest absolute Gasteiger partial charge is 0.410 e. The van der Waals surface area contributed by atoms with E-state index < -0.39 is 0 Å². The van der Waals surface area contributed by atoms with Gasteiger partial charge in [-0.1, -0.05) is 13.8 Å². The molecule has 0 aromatic carbocycles. The number of carbonyl (C=O) groups is 1. The van der Waals surface area contributed by atoms with Crippen LogP contribution in [-0.4, -0.2) is 29.2 Å². The number of fused-ring (bicyclic) bond motifs is 3. The van der Waals surface area contributed by atoms with Gasteiger partial charge in [-0.3, -0.25) is 4.90 Å². The zero-order valence-electron chi connectivity index (χ0n) is 11.3. The number of hydrogen-bond donors (Lipinski definition) is 0. The number of cyclic esters (lactones) is 1. The Morgan fingerprint density at radius 3 is 2.53 bits per heavy atom. The topological polar surface area (TPSA) is 29.5 Å². The molecule has 3 heteroatoms. The fourth-order valence-corrected chi connectivity index (χ4v) is 4.95. The SMILES string of the molecule is CC(C)N1C(=O)OCC12CC1CCC2C1(C)C. The minimum absolute atomic E-state index is 0.0116. The van der Waals surface area contributed by atoms with Crippen LogP contribution in [0.25, 0.3) is 0 Å². The third kappa shape index (κ3) is 1.20. The molecule has 3 rings (SSSR count). The second kappa shape index (κ2) is 3.18. The van der Waals surface area contributed by atoms with Gasteiger partial charge in [-0.2, -0.15) is 0 Å². The standard InChI is InChI=1S/C14H23NO2/c1-9(2)15-12(16)17-8-14(15)7-10-5-6-11(14)13(10,3)4/h9-11H,5-8H2,1-4H3. The molecule has 0 aromatic rings. The Kier molecular flexibility index (Phi) is 2.13. The van der Waals surface area contributed by atoms with Gasteiger partial charge in [0.05, 0.1) is 5.54 Å². The van der Waals surface area contributed by atoms with Gasteiger partial charge in [0.2, 0.25) is 0 Å². The third-order valence-electron chi connectivity index (χ3n) is 5.64. The highest BCUT2D eigenvalue weighted by Crippen LogP contribution is 2.65. The minimum Gasteiger partial charge on any atom is -0.447 e. The van der Waals surface area contributed by atoms with Crippen LogP contribution in [0.3, 0.4) is 0 Å². The van der Waals surface area contributed by atoms with E-state index in [0.717, 1.165) is 12.3 Å². The monoisotopic (exact) mass is 237 g/mol. The van der Waals surface area contributed by atoms with Crippen molar-refractivity contribution in [2.75, 3.05) is 6.61 Å². The summed E-state index contributed by atoms with van der Waals surface area (Å²) in [6, 6.07) is 0.250. The summed E-state index contributed by atoms with van der Waals surface area (Å²) < 4.78 is 5.40. The summed E-state index contributed by atoms with van der Waals surface area (Å²) in [5.74, 6) is 1.39. The van der Waals surface area contributed by atoms with E-state index >= 15 is 0 Å². The molecule has 3 aliphatic rings. The second-order valence-corrected chi connectivity index (χ2v) is 6.97. The van der Waals surface area contributed by atoms with Crippen LogP contribution in [-0.2, 0) is 4.74 Å². The minimum atomic E-state index is -0.0941. The van der Waals surface area contributed by atoms with Gasteiger partial charge in [0.15, 0.2) is 0 Å². The van der Waals surface area contributed by atoms with Crippen molar-refractivity contribution in [3.63, 3.8) is 0 Å². The molecule has 1 saturated heterocycles. The van der Waals surface area contributed by atoms with Crippen LogP contribution in [0.4, 0.5) is 4.79 Å². The molecular weight excluding hydrogens is 214 g/mol. The second-order valence-electron chi connectivity index (χ2n) is 6.97. The Bertz CT molecular complexity index is 363. The summed E-state index contributed by atoms with van der Waals surface area (Å²) in [5, 5.41) is 0. The first-order valence-corrected chi connectivity index (χ1v) is 6.85. The lowest BCUT2D eigenvalue weighted by Gasteiger charge is -2.42. The van der Waals surface area contributed by atoms with Crippen molar-refractivity contribution in [2.24, 2.45) is 17.3 Å². The Labute approximate surface area is 104 Å². The third-order valence-corrected chi connectivity index (χ3v) is 5.64. The number of amides is 1. The van der Waals surface area contributed by atoms with E-state index in [-0.39, 0.29) is 17.7 Å². The predicted molar refractivity (Wildman–Crippen MR) is 65.7 cm³/mol. The fraction of sp³-hybridized carbons (Fsp3) is 0.929. The van der Waals surface area contributed by atoms with Crippen LogP contribution < -0.4 is 0 Å². The summed E-state index contributed by atoms with van der Waals surface area (Å²) in [7, 11) is 0. The molecule has 0 radical (unpaired) electrons. The van der Waals surface area contributed by atoms with Crippen LogP contribution in [0.1, 0.15) is 47.0 Å². The first-order valence-electron chi connectivity index (χ1n) is 6.85. The molecular formula is C14H23NO2. The lowest BCUT2D eigenvalue weighted by molar-refractivity contribution is 0.0636. The van der Waals surface area contributed by atoms with Crippen molar-refractivity contribution in [2.45, 2.75) is 58.5 Å². The van der Waals surface area contributed by atoms with Gasteiger partial charge in [-0.25, -0.2) is 4.79 Å². The van der Waals surface area contributed by atoms with Crippen LogP contribution in [0.2, 0.25) is 0 Å². The quantitative estimate of drug-likeness (QED) is 0.701. The lowest BCUT2D eigenvalue weighted by atomic mass is 9.75. The number of nitrogens with zero attached hydrogens (tertiary/aromatic N) is 1. The van der Waals surface area contributed by atoms with Gasteiger partial charge in [0, 0.05) is 6.04 Å². The van der Waals surface area contributed by atoms with Crippen molar-refractivity contribution in [1.29, 1.82) is 0 Å². The first kappa shape index (κ1) is 11.4. The van der Waals surface area contributed by atoms with E-state index in [1.165, 1.54) is 12.8 Å². The maximum absolute atomic E-state index is 12.0. The van der Waals surface area contributed by atoms with E-state index in [9.17, 15) is 4.79 Å². The highest BCUT2D eigenvalue weighted by atomic mass is 16.6. The lowest BCUT2D eigenvalue weighted by Crippen LogP contribution is -2.54. The largest absolute Gasteiger partial charge is 0.447 e. The highest BCUT2D eigenvalue weighted by molar-refractivity contribution is 5.72. The molecule has 2 bridgehead atoms. The average molecular weight is 237 g/mol. The first-order chi connectivity index (χ1) is 7.89. The van der Waals surface area contributed by atoms with Crippen LogP contribution in [0, 0.1) is 17.3 Å². The van der Waals surface area contributed by atoms with Gasteiger partial charge in [-0.15, -0.1) is 0 Å². The van der Waals surface area contributed by atoms with E-state index in [2.05, 4.69) is 27.7 Å². The van der Waals surface area contributed by atoms with Gasteiger partial charge < -0.3 is 4.74 Å². The van der Waals surface area contributed by atoms with Gasteiger partial charge in [-0.05, 0) is 50.4 Å². The molecule has 3 unspecified atom stereocenters. The van der Waals surface area contributed by atoms with Crippen LogP contribution >= 0.6 is 0 Å². The molecule has 0 N–H and O–H groups in total. The number of ether oxygens (including phenoxy) is 1. The molecule has 17 heavy (non-hydrogen) atoms. The maximum Gasteiger partial charge on any atom is 0.410 e. The molecule has 2 saturated carbocycles. The molecule has 1 amide bonds. The zero-order valence-corrected chi connectivity index (χ0v) is 11.3. The van der Waals surface area contributed by atoms with Crippen molar-refractivity contribution in [3.8, 4) is 0 Å². The number of rotatable bonds is 1. The molecule has 2 aliphatic carbocycles. The number of carbonyl (C=O) groups excluding carboxylic acids is 1. The van der Waals surface area contributed by atoms with Gasteiger partial charge >= 0.3 is 6.09 Å². The molecule has 3 nitrogen and oxygen atoms in total. The summed E-state index contributed by atoms with van der Waals surface area (Å²) >= 11 is 0. The van der Waals surface area contributed by atoms with E-state index in [4.69, 9.17) is 4.74 Å². The van der Waals surface area contributed by atoms with E-state index in [0.29, 0.717) is 17.9 Å². The average Bonchev–Trinajstić information content (AvgIpc) is 2.75. The van der Waals surface area contributed by atoms with Crippen molar-refractivity contribution in [1.82, 2.24) is 4.90 Å². The molecule has 1 heterocycles. The van der Waals surface area contributed by atoms with E-state index in [1.807, 2.05) is 4.90 Å². The molecule has 3 atom stereocenters. The van der Waals surface area contributed by atoms with Crippen LogP contribution in [0.15, 0.2) is 0 Å². The zero-order chi connectivity index (χ0) is 12.4. The summed E-state index contributed by atoms with van der Waals surface area (Å²) in [6.07, 6.45) is 3.65. The number of hydrogen-bond acceptors (Lipinski definition) is 2. The summed E-state index contributed by atoms with van der Waals surface area (Å²) in [4.78, 5) is 14.0. The normalized spacial score (nSPS) is 42.9. The van der Waals surface area contributed by atoms with E-state index in [1.54, 1.807) is 0 Å². The molecule has 96 valence electrons. The predicted octanol–water partition coefficient (Wildman–Crippen LogP) is 3.04. The summed E-state index contributed by atoms with van der Waals surface area (Å²) in [5.41, 5.74) is 0.388. The van der Waals surface area contributed by atoms with Gasteiger partial charge in [0.25, 0.3) is 0 Å². The molecule has 0 aromatic heterocycles. The maximum atomic E-state index is 12.0. The van der Waals surface area contributed by atoms with Crippen molar-refractivity contribution < 1.29 is 9.53 Å². The molecule has 3 fully saturated rings. The highest BCUT2D eigenvalue weighted by Gasteiger charge is 2.67. The van der Waals surface area contributed by atoms with Crippen molar-refractivity contribution in [3.05, 3.63) is 0 Å². The Morgan fingerprint density at radius 2 is 2.06 bits per heavy atom. The molecule has 1 aliphatic heterocycles.